The van der Waals surface area contributed by atoms with Gasteiger partial charge in [-0.25, -0.2) is 0 Å². The largest absolute Gasteiger partial charge is 0.109 e. The lowest BCUT2D eigenvalue weighted by Crippen LogP contribution is -2.31. The lowest BCUT2D eigenvalue weighted by atomic mass is 10.2. The molecule has 0 unspecified atom stereocenters. The Morgan fingerprint density at radius 1 is 0.571 bits per heavy atom. The summed E-state index contributed by atoms with van der Waals surface area (Å²) in [6, 6.07) is 30.7. The second kappa shape index (κ2) is 5.84. The zero-order chi connectivity index (χ0) is 14.7. The number of aryl methyl sites for hydroxylation is 1. The summed E-state index contributed by atoms with van der Waals surface area (Å²) >= 11 is 0. The van der Waals surface area contributed by atoms with E-state index in [1.165, 1.54) is 21.5 Å². The van der Waals surface area contributed by atoms with Gasteiger partial charge < -0.3 is 0 Å². The molecular formula is C20H20P+. The van der Waals surface area contributed by atoms with Gasteiger partial charge in [0.1, 0.15) is 23.2 Å². The summed E-state index contributed by atoms with van der Waals surface area (Å²) in [5.74, 6) is 0. The van der Waals surface area contributed by atoms with Crippen molar-refractivity contribution in [3.8, 4) is 0 Å². The summed E-state index contributed by atoms with van der Waals surface area (Å²) in [6.45, 7) is 4.65. The van der Waals surface area contributed by atoms with Crippen LogP contribution in [0.15, 0.2) is 84.9 Å². The van der Waals surface area contributed by atoms with Crippen molar-refractivity contribution in [2.24, 2.45) is 0 Å². The van der Waals surface area contributed by atoms with Crippen molar-refractivity contribution >= 4 is 23.2 Å². The number of hydrogen-bond donors (Lipinski definition) is 0. The second-order valence-corrected chi connectivity index (χ2v) is 8.99. The van der Waals surface area contributed by atoms with Gasteiger partial charge in [0.25, 0.3) is 0 Å². The third-order valence-corrected chi connectivity index (χ3v) is 8.27. The molecule has 0 saturated carbocycles. The minimum absolute atomic E-state index is 1.38. The van der Waals surface area contributed by atoms with Crippen LogP contribution >= 0.6 is 7.26 Å². The third-order valence-electron chi connectivity index (χ3n) is 4.14. The quantitative estimate of drug-likeness (QED) is 0.642. The predicted molar refractivity (Wildman–Crippen MR) is 95.8 cm³/mol. The Kier molecular flexibility index (Phi) is 3.90. The van der Waals surface area contributed by atoms with Crippen molar-refractivity contribution in [1.29, 1.82) is 0 Å². The van der Waals surface area contributed by atoms with Gasteiger partial charge in [-0.2, -0.15) is 0 Å². The first-order valence-corrected chi connectivity index (χ1v) is 9.50. The molecule has 21 heavy (non-hydrogen) atoms. The Balaban J connectivity index is 2.29. The molecule has 0 aliphatic carbocycles. The molecule has 0 nitrogen and oxygen atoms in total. The highest BCUT2D eigenvalue weighted by atomic mass is 31.2. The molecule has 0 amide bonds. The fraction of sp³-hybridized carbons (Fsp3) is 0.100. The van der Waals surface area contributed by atoms with E-state index in [9.17, 15) is 0 Å². The lowest BCUT2D eigenvalue weighted by molar-refractivity contribution is 1.51. The second-order valence-electron chi connectivity index (χ2n) is 5.46. The maximum Gasteiger partial charge on any atom is 0.109 e. The maximum absolute atomic E-state index is 2.43. The molecule has 0 atom stereocenters. The molecule has 0 aliphatic heterocycles. The molecule has 0 N–H and O–H groups in total. The molecule has 0 bridgehead atoms. The fourth-order valence-corrected chi connectivity index (χ4v) is 6.50. The molecule has 0 fully saturated rings. The van der Waals surface area contributed by atoms with Gasteiger partial charge in [0.2, 0.25) is 0 Å². The minimum Gasteiger partial charge on any atom is -0.0620 e. The Morgan fingerprint density at radius 2 is 1.00 bits per heavy atom. The zero-order valence-electron chi connectivity index (χ0n) is 12.5. The highest BCUT2D eigenvalue weighted by Crippen LogP contribution is 2.51. The van der Waals surface area contributed by atoms with Crippen molar-refractivity contribution in [3.05, 3.63) is 90.5 Å². The Bertz CT molecular complexity index is 678. The van der Waals surface area contributed by atoms with E-state index in [4.69, 9.17) is 0 Å². The summed E-state index contributed by atoms with van der Waals surface area (Å²) in [4.78, 5) is 0. The highest BCUT2D eigenvalue weighted by Gasteiger charge is 2.40. The van der Waals surface area contributed by atoms with Gasteiger partial charge in [-0.15, -0.1) is 0 Å². The molecule has 104 valence electrons. The number of benzene rings is 3. The highest BCUT2D eigenvalue weighted by molar-refractivity contribution is 7.95. The van der Waals surface area contributed by atoms with E-state index in [1.807, 2.05) is 0 Å². The van der Waals surface area contributed by atoms with E-state index in [-0.39, 0.29) is 0 Å². The molecule has 0 aliphatic rings. The number of hydrogen-bond acceptors (Lipinski definition) is 0. The van der Waals surface area contributed by atoms with Crippen molar-refractivity contribution < 1.29 is 0 Å². The molecule has 0 radical (unpaired) electrons. The van der Waals surface area contributed by atoms with Crippen LogP contribution in [0.4, 0.5) is 0 Å². The van der Waals surface area contributed by atoms with Crippen LogP contribution in [0.1, 0.15) is 5.56 Å². The SMILES string of the molecule is Cc1ccccc1[P+](C)(c1ccccc1)c1ccccc1. The Morgan fingerprint density at radius 3 is 1.48 bits per heavy atom. The molecule has 0 spiro atoms. The van der Waals surface area contributed by atoms with Crippen molar-refractivity contribution in [1.82, 2.24) is 0 Å². The smallest absolute Gasteiger partial charge is 0.0620 e. The summed E-state index contributed by atoms with van der Waals surface area (Å²) < 4.78 is 0. The zero-order valence-corrected chi connectivity index (χ0v) is 13.4. The van der Waals surface area contributed by atoms with E-state index in [0.29, 0.717) is 0 Å². The van der Waals surface area contributed by atoms with E-state index in [0.717, 1.165) is 0 Å². The molecule has 3 rings (SSSR count). The van der Waals surface area contributed by atoms with Gasteiger partial charge in [-0.05, 0) is 42.8 Å². The molecular weight excluding hydrogens is 271 g/mol. The van der Waals surface area contributed by atoms with Crippen LogP contribution in [0, 0.1) is 6.92 Å². The van der Waals surface area contributed by atoms with E-state index in [1.54, 1.807) is 0 Å². The van der Waals surface area contributed by atoms with Crippen molar-refractivity contribution in [3.63, 3.8) is 0 Å². The molecule has 0 aromatic heterocycles. The normalized spacial score (nSPS) is 11.3. The van der Waals surface area contributed by atoms with E-state index >= 15 is 0 Å². The average molecular weight is 291 g/mol. The first-order chi connectivity index (χ1) is 10.2. The van der Waals surface area contributed by atoms with Gasteiger partial charge in [0, 0.05) is 0 Å². The van der Waals surface area contributed by atoms with Crippen LogP contribution in [-0.2, 0) is 0 Å². The molecule has 3 aromatic carbocycles. The minimum atomic E-state index is -1.56. The summed E-state index contributed by atoms with van der Waals surface area (Å²) in [5, 5.41) is 4.35. The van der Waals surface area contributed by atoms with Crippen LogP contribution < -0.4 is 15.9 Å². The van der Waals surface area contributed by atoms with Crippen LogP contribution in [0.3, 0.4) is 0 Å². The van der Waals surface area contributed by atoms with Crippen LogP contribution in [-0.4, -0.2) is 6.66 Å². The molecule has 3 aromatic rings. The fourth-order valence-electron chi connectivity index (χ4n) is 2.94. The Labute approximate surface area is 127 Å². The molecule has 0 heterocycles. The maximum atomic E-state index is 2.43. The third kappa shape index (κ3) is 2.52. The van der Waals surface area contributed by atoms with Crippen LogP contribution in [0.25, 0.3) is 0 Å². The van der Waals surface area contributed by atoms with E-state index in [2.05, 4.69) is 98.5 Å². The number of rotatable bonds is 3. The first kappa shape index (κ1) is 14.0. The standard InChI is InChI=1S/C20H20P/c1-17-11-9-10-16-20(17)21(2,18-12-5-3-6-13-18)19-14-7-4-8-15-19/h3-16H,1-2H3/q+1. The van der Waals surface area contributed by atoms with Crippen molar-refractivity contribution in [2.45, 2.75) is 6.92 Å². The topological polar surface area (TPSA) is 0 Å². The van der Waals surface area contributed by atoms with E-state index < -0.39 is 7.26 Å². The van der Waals surface area contributed by atoms with Gasteiger partial charge in [-0.1, -0.05) is 54.6 Å². The molecule has 0 saturated heterocycles. The van der Waals surface area contributed by atoms with Gasteiger partial charge in [-0.3, -0.25) is 0 Å². The van der Waals surface area contributed by atoms with Crippen LogP contribution in [0.5, 0.6) is 0 Å². The van der Waals surface area contributed by atoms with Gasteiger partial charge in [0.05, 0.1) is 6.66 Å². The van der Waals surface area contributed by atoms with Gasteiger partial charge in [0.15, 0.2) is 0 Å². The van der Waals surface area contributed by atoms with Crippen molar-refractivity contribution in [2.75, 3.05) is 6.66 Å². The average Bonchev–Trinajstić information content (AvgIpc) is 2.56. The Hall–Kier alpha value is -1.91. The monoisotopic (exact) mass is 291 g/mol. The first-order valence-electron chi connectivity index (χ1n) is 7.27. The molecule has 1 heteroatoms. The summed E-state index contributed by atoms with van der Waals surface area (Å²) in [5.41, 5.74) is 1.38. The van der Waals surface area contributed by atoms with Gasteiger partial charge >= 0.3 is 0 Å². The summed E-state index contributed by atoms with van der Waals surface area (Å²) in [6.07, 6.45) is 0. The lowest BCUT2D eigenvalue weighted by Gasteiger charge is -2.24. The summed E-state index contributed by atoms with van der Waals surface area (Å²) in [7, 11) is -1.56. The van der Waals surface area contributed by atoms with Crippen LogP contribution in [0.2, 0.25) is 0 Å². The predicted octanol–water partition coefficient (Wildman–Crippen LogP) is 3.92.